The molecule has 1 fully saturated rings. The van der Waals surface area contributed by atoms with Gasteiger partial charge in [0.2, 0.25) is 0 Å². The quantitative estimate of drug-likeness (QED) is 0.788. The first kappa shape index (κ1) is 14.6. The van der Waals surface area contributed by atoms with E-state index in [-0.39, 0.29) is 0 Å². The highest BCUT2D eigenvalue weighted by atomic mass is 14.9. The van der Waals surface area contributed by atoms with Crippen LogP contribution in [0.15, 0.2) is 24.3 Å². The van der Waals surface area contributed by atoms with Gasteiger partial charge < -0.3 is 5.32 Å². The summed E-state index contributed by atoms with van der Waals surface area (Å²) in [6.45, 7) is 4.45. The molecule has 1 nitrogen and oxygen atoms in total. The highest BCUT2D eigenvalue weighted by Gasteiger charge is 2.16. The van der Waals surface area contributed by atoms with E-state index in [1.807, 2.05) is 0 Å². The van der Waals surface area contributed by atoms with Crippen LogP contribution in [0, 0.1) is 6.92 Å². The van der Waals surface area contributed by atoms with Crippen LogP contribution in [0.1, 0.15) is 75.5 Å². The van der Waals surface area contributed by atoms with Crippen LogP contribution in [0.2, 0.25) is 0 Å². The van der Waals surface area contributed by atoms with Crippen LogP contribution >= 0.6 is 0 Å². The Morgan fingerprint density at radius 3 is 2.16 bits per heavy atom. The average molecular weight is 259 g/mol. The molecule has 0 aliphatic heterocycles. The molecule has 19 heavy (non-hydrogen) atoms. The number of benzene rings is 1. The van der Waals surface area contributed by atoms with Crippen LogP contribution in [0.25, 0.3) is 0 Å². The Kier molecular flexibility index (Phi) is 5.91. The van der Waals surface area contributed by atoms with Gasteiger partial charge in [0.1, 0.15) is 0 Å². The van der Waals surface area contributed by atoms with Crippen molar-refractivity contribution in [3.8, 4) is 0 Å². The van der Waals surface area contributed by atoms with Crippen molar-refractivity contribution >= 4 is 0 Å². The second-order valence-electron chi connectivity index (χ2n) is 6.08. The van der Waals surface area contributed by atoms with Crippen molar-refractivity contribution in [2.24, 2.45) is 0 Å². The maximum absolute atomic E-state index is 3.91. The van der Waals surface area contributed by atoms with E-state index in [9.17, 15) is 0 Å². The number of aryl methyl sites for hydroxylation is 1. The van der Waals surface area contributed by atoms with Crippen LogP contribution in [0.4, 0.5) is 0 Å². The molecule has 1 N–H and O–H groups in total. The summed E-state index contributed by atoms with van der Waals surface area (Å²) in [5.74, 6) is 0. The summed E-state index contributed by atoms with van der Waals surface area (Å²) in [7, 11) is 0. The summed E-state index contributed by atoms with van der Waals surface area (Å²) in [6.07, 6.45) is 11.0. The summed E-state index contributed by atoms with van der Waals surface area (Å²) in [5, 5.41) is 3.91. The molecule has 0 heterocycles. The predicted molar refractivity (Wildman–Crippen MR) is 83.5 cm³/mol. The van der Waals surface area contributed by atoms with Gasteiger partial charge in [-0.05, 0) is 31.7 Å². The smallest absolute Gasteiger partial charge is 0.0320 e. The van der Waals surface area contributed by atoms with Gasteiger partial charge in [-0.3, -0.25) is 0 Å². The minimum Gasteiger partial charge on any atom is -0.307 e. The molecule has 1 heteroatoms. The fraction of sp³-hybridized carbons (Fsp3) is 0.667. The zero-order chi connectivity index (χ0) is 13.5. The lowest BCUT2D eigenvalue weighted by molar-refractivity contribution is 0.349. The van der Waals surface area contributed by atoms with E-state index in [1.165, 1.54) is 62.5 Å². The highest BCUT2D eigenvalue weighted by molar-refractivity contribution is 5.24. The van der Waals surface area contributed by atoms with Gasteiger partial charge in [0.15, 0.2) is 0 Å². The largest absolute Gasteiger partial charge is 0.307 e. The second kappa shape index (κ2) is 7.69. The zero-order valence-electron chi connectivity index (χ0n) is 12.6. The standard InChI is InChI=1S/C18H29N/c1-3-18(16-13-11-15(2)12-14-16)19-17-9-7-5-4-6-8-10-17/h11-14,17-19H,3-10H2,1-2H3. The highest BCUT2D eigenvalue weighted by Crippen LogP contribution is 2.23. The second-order valence-corrected chi connectivity index (χ2v) is 6.08. The lowest BCUT2D eigenvalue weighted by Crippen LogP contribution is -2.33. The zero-order valence-corrected chi connectivity index (χ0v) is 12.6. The van der Waals surface area contributed by atoms with Crippen LogP contribution in [0.5, 0.6) is 0 Å². The third-order valence-corrected chi connectivity index (χ3v) is 4.43. The van der Waals surface area contributed by atoms with E-state index >= 15 is 0 Å². The molecule has 106 valence electrons. The normalized spacial score (nSPS) is 19.7. The molecule has 0 aromatic heterocycles. The lowest BCUT2D eigenvalue weighted by Gasteiger charge is -2.27. The third kappa shape index (κ3) is 4.65. The fourth-order valence-corrected chi connectivity index (χ4v) is 3.16. The summed E-state index contributed by atoms with van der Waals surface area (Å²) >= 11 is 0. The Labute approximate surface area is 118 Å². The monoisotopic (exact) mass is 259 g/mol. The van der Waals surface area contributed by atoms with Crippen LogP contribution in [-0.4, -0.2) is 6.04 Å². The molecule has 1 aliphatic rings. The Balaban J connectivity index is 1.95. The van der Waals surface area contributed by atoms with Gasteiger partial charge >= 0.3 is 0 Å². The molecule has 0 radical (unpaired) electrons. The van der Waals surface area contributed by atoms with Gasteiger partial charge in [-0.15, -0.1) is 0 Å². The average Bonchev–Trinajstić information content (AvgIpc) is 2.39. The van der Waals surface area contributed by atoms with Crippen molar-refractivity contribution < 1.29 is 0 Å². The molecule has 2 rings (SSSR count). The summed E-state index contributed by atoms with van der Waals surface area (Å²) < 4.78 is 0. The minimum atomic E-state index is 0.532. The predicted octanol–water partition coefficient (Wildman–Crippen LogP) is 5.15. The van der Waals surface area contributed by atoms with Gasteiger partial charge in [0, 0.05) is 12.1 Å². The number of rotatable bonds is 4. The summed E-state index contributed by atoms with van der Waals surface area (Å²) in [6, 6.07) is 10.3. The van der Waals surface area contributed by atoms with Gasteiger partial charge in [0.25, 0.3) is 0 Å². The molecule has 1 aromatic carbocycles. The van der Waals surface area contributed by atoms with Crippen molar-refractivity contribution in [1.82, 2.24) is 5.32 Å². The van der Waals surface area contributed by atoms with Gasteiger partial charge in [0.05, 0.1) is 0 Å². The van der Waals surface area contributed by atoms with E-state index in [0.29, 0.717) is 6.04 Å². The van der Waals surface area contributed by atoms with Crippen molar-refractivity contribution in [1.29, 1.82) is 0 Å². The van der Waals surface area contributed by atoms with Crippen LogP contribution in [-0.2, 0) is 0 Å². The van der Waals surface area contributed by atoms with Gasteiger partial charge in [-0.1, -0.05) is 68.9 Å². The molecule has 1 saturated carbocycles. The molecule has 1 aromatic rings. The first-order valence-corrected chi connectivity index (χ1v) is 8.12. The lowest BCUT2D eigenvalue weighted by atomic mass is 9.94. The molecule has 1 unspecified atom stereocenters. The molecule has 0 spiro atoms. The Hall–Kier alpha value is -0.820. The molecule has 0 amide bonds. The molecule has 1 aliphatic carbocycles. The van der Waals surface area contributed by atoms with Crippen molar-refractivity contribution in [2.75, 3.05) is 0 Å². The van der Waals surface area contributed by atoms with E-state index < -0.39 is 0 Å². The Bertz CT molecular complexity index is 346. The number of hydrogen-bond acceptors (Lipinski definition) is 1. The van der Waals surface area contributed by atoms with Gasteiger partial charge in [-0.25, -0.2) is 0 Å². The SMILES string of the molecule is CCC(NC1CCCCCCC1)c1ccc(C)cc1. The first-order chi connectivity index (χ1) is 9.29. The molecule has 0 saturated heterocycles. The molecular formula is C18H29N. The molecule has 1 atom stereocenters. The molecular weight excluding hydrogens is 230 g/mol. The van der Waals surface area contributed by atoms with Crippen molar-refractivity contribution in [2.45, 2.75) is 77.3 Å². The van der Waals surface area contributed by atoms with Crippen molar-refractivity contribution in [3.05, 3.63) is 35.4 Å². The fourth-order valence-electron chi connectivity index (χ4n) is 3.16. The Morgan fingerprint density at radius 2 is 1.58 bits per heavy atom. The maximum atomic E-state index is 3.91. The van der Waals surface area contributed by atoms with Crippen LogP contribution in [0.3, 0.4) is 0 Å². The molecule has 0 bridgehead atoms. The number of hydrogen-bond donors (Lipinski definition) is 1. The van der Waals surface area contributed by atoms with E-state index in [1.54, 1.807) is 0 Å². The van der Waals surface area contributed by atoms with Crippen LogP contribution < -0.4 is 5.32 Å². The summed E-state index contributed by atoms with van der Waals surface area (Å²) in [5.41, 5.74) is 2.81. The van der Waals surface area contributed by atoms with E-state index in [2.05, 4.69) is 43.4 Å². The van der Waals surface area contributed by atoms with Gasteiger partial charge in [-0.2, -0.15) is 0 Å². The summed E-state index contributed by atoms with van der Waals surface area (Å²) in [4.78, 5) is 0. The maximum Gasteiger partial charge on any atom is 0.0320 e. The van der Waals surface area contributed by atoms with E-state index in [4.69, 9.17) is 0 Å². The Morgan fingerprint density at radius 1 is 1.00 bits per heavy atom. The third-order valence-electron chi connectivity index (χ3n) is 4.43. The van der Waals surface area contributed by atoms with Crippen molar-refractivity contribution in [3.63, 3.8) is 0 Å². The number of nitrogens with one attached hydrogen (secondary N) is 1. The first-order valence-electron chi connectivity index (χ1n) is 8.12. The minimum absolute atomic E-state index is 0.532. The topological polar surface area (TPSA) is 12.0 Å². The van der Waals surface area contributed by atoms with E-state index in [0.717, 1.165) is 6.04 Å².